The van der Waals surface area contributed by atoms with E-state index in [1.807, 2.05) is 25.1 Å². The van der Waals surface area contributed by atoms with Crippen LogP contribution in [0.2, 0.25) is 0 Å². The third-order valence-corrected chi connectivity index (χ3v) is 3.27. The fourth-order valence-corrected chi connectivity index (χ4v) is 2.14. The Balaban J connectivity index is 2.18. The lowest BCUT2D eigenvalue weighted by Gasteiger charge is -2.19. The van der Waals surface area contributed by atoms with Crippen molar-refractivity contribution in [3.8, 4) is 0 Å². The molecule has 0 saturated heterocycles. The van der Waals surface area contributed by atoms with Crippen molar-refractivity contribution in [1.82, 2.24) is 0 Å². The van der Waals surface area contributed by atoms with Crippen LogP contribution >= 0.6 is 0 Å². The second kappa shape index (κ2) is 7.06. The van der Waals surface area contributed by atoms with Crippen LogP contribution in [0.5, 0.6) is 0 Å². The summed E-state index contributed by atoms with van der Waals surface area (Å²) < 4.78 is 5.19. The Morgan fingerprint density at radius 3 is 3.05 bits per heavy atom. The fourth-order valence-electron chi connectivity index (χ4n) is 2.14. The molecule has 5 heteroatoms. The molecule has 1 aliphatic rings. The summed E-state index contributed by atoms with van der Waals surface area (Å²) in [6.45, 7) is 6.02. The monoisotopic (exact) mass is 283 g/mol. The van der Waals surface area contributed by atoms with E-state index in [1.54, 1.807) is 18.2 Å². The van der Waals surface area contributed by atoms with Crippen LogP contribution in [-0.2, 0) is 15.9 Å². The molecule has 0 unspecified atom stereocenters. The van der Waals surface area contributed by atoms with E-state index < -0.39 is 7.12 Å². The average molecular weight is 283 g/mol. The van der Waals surface area contributed by atoms with Crippen molar-refractivity contribution in [3.63, 3.8) is 0 Å². The quantitative estimate of drug-likeness (QED) is 0.501. The van der Waals surface area contributed by atoms with E-state index in [2.05, 4.69) is 11.9 Å². The lowest BCUT2D eigenvalue weighted by molar-refractivity contribution is -0.112. The zero-order valence-electron chi connectivity index (χ0n) is 12.0. The van der Waals surface area contributed by atoms with Crippen LogP contribution in [0.15, 0.2) is 54.7 Å². The molecule has 0 radical (unpaired) electrons. The van der Waals surface area contributed by atoms with Crippen LogP contribution in [-0.4, -0.2) is 24.7 Å². The van der Waals surface area contributed by atoms with Gasteiger partial charge in [-0.05, 0) is 42.6 Å². The van der Waals surface area contributed by atoms with Gasteiger partial charge < -0.3 is 15.0 Å². The molecule has 0 saturated carbocycles. The van der Waals surface area contributed by atoms with Gasteiger partial charge in [0.25, 0.3) is 5.91 Å². The first kappa shape index (κ1) is 15.3. The highest BCUT2D eigenvalue weighted by atomic mass is 16.5. The van der Waals surface area contributed by atoms with Crippen LogP contribution in [0.4, 0.5) is 5.69 Å². The molecule has 1 aromatic carbocycles. The van der Waals surface area contributed by atoms with Gasteiger partial charge in [-0.15, -0.1) is 0 Å². The van der Waals surface area contributed by atoms with Crippen molar-refractivity contribution in [2.24, 2.45) is 0 Å². The molecule has 1 heterocycles. The van der Waals surface area contributed by atoms with Gasteiger partial charge in [0.2, 0.25) is 0 Å². The second-order valence-corrected chi connectivity index (χ2v) is 4.69. The normalized spacial score (nSPS) is 15.0. The SMILES string of the molecule is C=C/C(=C\C=C/C)C(=O)Nc1ccc2c(c1)B(O)OCC2. The number of hydrogen-bond acceptors (Lipinski definition) is 3. The zero-order valence-corrected chi connectivity index (χ0v) is 12.0. The minimum absolute atomic E-state index is 0.241. The largest absolute Gasteiger partial charge is 0.491 e. The summed E-state index contributed by atoms with van der Waals surface area (Å²) in [4.78, 5) is 12.1. The number of allylic oxidation sites excluding steroid dienone is 3. The van der Waals surface area contributed by atoms with Gasteiger partial charge in [0.1, 0.15) is 0 Å². The van der Waals surface area contributed by atoms with Gasteiger partial charge in [-0.3, -0.25) is 4.79 Å². The number of carbonyl (C=O) groups is 1. The van der Waals surface area contributed by atoms with Crippen LogP contribution < -0.4 is 10.8 Å². The predicted molar refractivity (Wildman–Crippen MR) is 85.4 cm³/mol. The molecule has 1 amide bonds. The van der Waals surface area contributed by atoms with Crippen LogP contribution in [0.3, 0.4) is 0 Å². The maximum atomic E-state index is 12.1. The molecule has 0 fully saturated rings. The number of anilines is 1. The van der Waals surface area contributed by atoms with Gasteiger partial charge in [-0.1, -0.05) is 30.9 Å². The first-order valence-electron chi connectivity index (χ1n) is 6.85. The summed E-state index contributed by atoms with van der Waals surface area (Å²) in [5.74, 6) is -0.241. The van der Waals surface area contributed by atoms with Gasteiger partial charge in [0.05, 0.1) is 0 Å². The molecule has 2 N–H and O–H groups in total. The second-order valence-electron chi connectivity index (χ2n) is 4.69. The molecule has 0 atom stereocenters. The van der Waals surface area contributed by atoms with E-state index in [-0.39, 0.29) is 5.91 Å². The molecule has 21 heavy (non-hydrogen) atoms. The Bertz CT molecular complexity index is 608. The highest BCUT2D eigenvalue weighted by Crippen LogP contribution is 2.14. The Morgan fingerprint density at radius 2 is 2.33 bits per heavy atom. The molecular formula is C16H18BNO3. The molecule has 1 aliphatic heterocycles. The highest BCUT2D eigenvalue weighted by molar-refractivity contribution is 6.61. The lowest BCUT2D eigenvalue weighted by Crippen LogP contribution is -2.41. The van der Waals surface area contributed by atoms with Crippen LogP contribution in [0, 0.1) is 0 Å². The summed E-state index contributed by atoms with van der Waals surface area (Å²) in [6, 6.07) is 5.47. The summed E-state index contributed by atoms with van der Waals surface area (Å²) in [5, 5.41) is 12.6. The molecule has 0 bridgehead atoms. The summed E-state index contributed by atoms with van der Waals surface area (Å²) in [5.41, 5.74) is 2.84. The molecular weight excluding hydrogens is 265 g/mol. The molecule has 108 valence electrons. The van der Waals surface area contributed by atoms with Crippen molar-refractivity contribution >= 4 is 24.2 Å². The number of carbonyl (C=O) groups excluding carboxylic acids is 1. The maximum Gasteiger partial charge on any atom is 0.491 e. The van der Waals surface area contributed by atoms with Gasteiger partial charge >= 0.3 is 7.12 Å². The zero-order chi connectivity index (χ0) is 15.2. The minimum atomic E-state index is -0.928. The van der Waals surface area contributed by atoms with Crippen LogP contribution in [0.1, 0.15) is 12.5 Å². The fraction of sp³-hybridized carbons (Fsp3) is 0.188. The molecule has 4 nitrogen and oxygen atoms in total. The molecule has 0 aromatic heterocycles. The van der Waals surface area contributed by atoms with E-state index in [4.69, 9.17) is 4.65 Å². The smallest absolute Gasteiger partial charge is 0.423 e. The highest BCUT2D eigenvalue weighted by Gasteiger charge is 2.25. The number of rotatable bonds is 4. The Hall–Kier alpha value is -2.11. The van der Waals surface area contributed by atoms with Crippen molar-refractivity contribution in [2.75, 3.05) is 11.9 Å². The lowest BCUT2D eigenvalue weighted by atomic mass is 9.73. The summed E-state index contributed by atoms with van der Waals surface area (Å²) >= 11 is 0. The molecule has 2 rings (SSSR count). The molecule has 1 aromatic rings. The van der Waals surface area contributed by atoms with E-state index in [1.165, 1.54) is 6.08 Å². The number of amides is 1. The first-order valence-corrected chi connectivity index (χ1v) is 6.85. The third-order valence-electron chi connectivity index (χ3n) is 3.27. The number of nitrogens with one attached hydrogen (secondary N) is 1. The number of fused-ring (bicyclic) bond motifs is 1. The number of benzene rings is 1. The average Bonchev–Trinajstić information content (AvgIpc) is 2.49. The number of hydrogen-bond donors (Lipinski definition) is 2. The van der Waals surface area contributed by atoms with Gasteiger partial charge in [-0.2, -0.15) is 0 Å². The standard InChI is InChI=1S/C16H18BNO3/c1-3-5-6-12(4-2)16(19)18-14-8-7-13-9-10-21-17(20)15(13)11-14/h3-8,11,20H,2,9-10H2,1H3,(H,18,19)/b5-3-,12-6+. The van der Waals surface area contributed by atoms with E-state index in [0.717, 1.165) is 12.0 Å². The maximum absolute atomic E-state index is 12.1. The van der Waals surface area contributed by atoms with Gasteiger partial charge in [0.15, 0.2) is 0 Å². The van der Waals surface area contributed by atoms with Crippen LogP contribution in [0.25, 0.3) is 0 Å². The van der Waals surface area contributed by atoms with Gasteiger partial charge in [-0.25, -0.2) is 0 Å². The molecule has 0 spiro atoms. The topological polar surface area (TPSA) is 58.6 Å². The predicted octanol–water partition coefficient (Wildman–Crippen LogP) is 1.57. The van der Waals surface area contributed by atoms with Crippen molar-refractivity contribution in [3.05, 3.63) is 60.2 Å². The van der Waals surface area contributed by atoms with E-state index in [9.17, 15) is 9.82 Å². The summed E-state index contributed by atoms with van der Waals surface area (Å²) in [6.07, 6.45) is 7.58. The summed E-state index contributed by atoms with van der Waals surface area (Å²) in [7, 11) is -0.928. The Labute approximate surface area is 125 Å². The third kappa shape index (κ3) is 3.71. The van der Waals surface area contributed by atoms with E-state index in [0.29, 0.717) is 23.3 Å². The van der Waals surface area contributed by atoms with Crippen molar-refractivity contribution < 1.29 is 14.5 Å². The molecule has 0 aliphatic carbocycles. The van der Waals surface area contributed by atoms with Gasteiger partial charge in [0, 0.05) is 17.9 Å². The Kier molecular flexibility index (Phi) is 5.14. The first-order chi connectivity index (χ1) is 10.2. The van der Waals surface area contributed by atoms with Crippen molar-refractivity contribution in [2.45, 2.75) is 13.3 Å². The van der Waals surface area contributed by atoms with Crippen molar-refractivity contribution in [1.29, 1.82) is 0 Å². The minimum Gasteiger partial charge on any atom is -0.423 e. The Morgan fingerprint density at radius 1 is 1.52 bits per heavy atom. The van der Waals surface area contributed by atoms with E-state index >= 15 is 0 Å².